The summed E-state index contributed by atoms with van der Waals surface area (Å²) in [5, 5.41) is 7.79. The molecule has 0 spiro atoms. The summed E-state index contributed by atoms with van der Waals surface area (Å²) in [5.74, 6) is 0. The monoisotopic (exact) mass is 337 g/mol. The van der Waals surface area contributed by atoms with Crippen LogP contribution in [0.1, 0.15) is 16.1 Å². The first kappa shape index (κ1) is 14.3. The average molecular weight is 338 g/mol. The second-order valence-corrected chi connectivity index (χ2v) is 6.01. The van der Waals surface area contributed by atoms with E-state index in [0.717, 1.165) is 23.2 Å². The summed E-state index contributed by atoms with van der Waals surface area (Å²) in [5.41, 5.74) is 2.99. The highest BCUT2D eigenvalue weighted by atomic mass is 35.5. The van der Waals surface area contributed by atoms with E-state index in [0.29, 0.717) is 20.7 Å². The van der Waals surface area contributed by atoms with Crippen LogP contribution >= 0.6 is 34.5 Å². The highest BCUT2D eigenvalue weighted by molar-refractivity contribution is 7.12. The van der Waals surface area contributed by atoms with E-state index in [9.17, 15) is 4.79 Å². The van der Waals surface area contributed by atoms with Gasteiger partial charge in [-0.15, -0.1) is 11.3 Å². The molecule has 0 atom stereocenters. The number of carbonyl (C=O) groups is 1. The predicted octanol–water partition coefficient (Wildman–Crippen LogP) is 4.42. The number of benzene rings is 1. The number of hydrogen-bond acceptors (Lipinski definition) is 4. The maximum absolute atomic E-state index is 10.9. The lowest BCUT2D eigenvalue weighted by atomic mass is 10.2. The number of carbonyl (C=O) groups excluding carboxylic acids is 1. The average Bonchev–Trinajstić information content (AvgIpc) is 3.08. The third-order valence-corrected chi connectivity index (χ3v) is 4.62. The number of nitrogens with zero attached hydrogens (tertiary/aromatic N) is 3. The van der Waals surface area contributed by atoms with E-state index in [1.165, 1.54) is 17.5 Å². The Kier molecular flexibility index (Phi) is 3.80. The number of rotatable bonds is 3. The van der Waals surface area contributed by atoms with Crippen molar-refractivity contribution < 1.29 is 4.79 Å². The quantitative estimate of drug-likeness (QED) is 0.664. The van der Waals surface area contributed by atoms with E-state index in [1.807, 2.05) is 18.4 Å². The van der Waals surface area contributed by atoms with Crippen molar-refractivity contribution in [3.63, 3.8) is 0 Å². The minimum absolute atomic E-state index is 0.488. The van der Waals surface area contributed by atoms with E-state index in [-0.39, 0.29) is 0 Å². The fourth-order valence-electron chi connectivity index (χ4n) is 1.88. The van der Waals surface area contributed by atoms with Crippen LogP contribution in [0.3, 0.4) is 0 Å². The highest BCUT2D eigenvalue weighted by Crippen LogP contribution is 2.30. The zero-order valence-electron chi connectivity index (χ0n) is 10.9. The van der Waals surface area contributed by atoms with Gasteiger partial charge in [0.05, 0.1) is 33.2 Å². The van der Waals surface area contributed by atoms with Crippen molar-refractivity contribution in [3.8, 4) is 16.4 Å². The van der Waals surface area contributed by atoms with Crippen molar-refractivity contribution in [2.45, 2.75) is 6.92 Å². The molecule has 0 aliphatic carbocycles. The van der Waals surface area contributed by atoms with Gasteiger partial charge in [0.25, 0.3) is 0 Å². The summed E-state index contributed by atoms with van der Waals surface area (Å²) >= 11 is 13.4. The maximum Gasteiger partial charge on any atom is 0.211 e. The molecular weight excluding hydrogens is 329 g/mol. The third-order valence-electron chi connectivity index (χ3n) is 3.06. The first-order valence-electron chi connectivity index (χ1n) is 6.01. The lowest BCUT2D eigenvalue weighted by molar-refractivity contribution is 0.112. The normalized spacial score (nSPS) is 10.8. The molecule has 0 saturated carbocycles. The Morgan fingerprint density at radius 1 is 1.29 bits per heavy atom. The third kappa shape index (κ3) is 2.60. The number of aldehydes is 1. The molecule has 0 fully saturated rings. The van der Waals surface area contributed by atoms with Crippen molar-refractivity contribution in [2.75, 3.05) is 0 Å². The van der Waals surface area contributed by atoms with Crippen LogP contribution in [0.15, 0.2) is 29.8 Å². The molecule has 21 heavy (non-hydrogen) atoms. The van der Waals surface area contributed by atoms with Crippen molar-refractivity contribution in [2.24, 2.45) is 0 Å². The molecule has 0 unspecified atom stereocenters. The highest BCUT2D eigenvalue weighted by Gasteiger charge is 2.12. The molecule has 0 amide bonds. The summed E-state index contributed by atoms with van der Waals surface area (Å²) in [6, 6.07) is 5.37. The lowest BCUT2D eigenvalue weighted by Crippen LogP contribution is -1.98. The van der Waals surface area contributed by atoms with Gasteiger partial charge in [0.2, 0.25) is 5.13 Å². The largest absolute Gasteiger partial charge is 0.298 e. The molecule has 2 heterocycles. The number of thiazole rings is 1. The molecule has 0 aliphatic heterocycles. The van der Waals surface area contributed by atoms with E-state index >= 15 is 0 Å². The van der Waals surface area contributed by atoms with Crippen LogP contribution in [0.4, 0.5) is 0 Å². The number of aromatic nitrogens is 3. The Bertz CT molecular complexity index is 825. The molecular formula is C14H9Cl2N3OS. The molecule has 0 N–H and O–H groups in total. The predicted molar refractivity (Wildman–Crippen MR) is 84.8 cm³/mol. The van der Waals surface area contributed by atoms with Gasteiger partial charge in [0.15, 0.2) is 6.29 Å². The van der Waals surface area contributed by atoms with Gasteiger partial charge in [0.1, 0.15) is 0 Å². The molecule has 0 bridgehead atoms. The lowest BCUT2D eigenvalue weighted by Gasteiger charge is -2.00. The van der Waals surface area contributed by atoms with Gasteiger partial charge >= 0.3 is 0 Å². The minimum atomic E-state index is 0.488. The van der Waals surface area contributed by atoms with Crippen molar-refractivity contribution in [1.82, 2.24) is 14.8 Å². The molecule has 3 rings (SSSR count). The summed E-state index contributed by atoms with van der Waals surface area (Å²) in [4.78, 5) is 15.4. The standard InChI is InChI=1S/C14H9Cl2N3OS/c1-8-10(6-20)5-17-19(8)14-18-13(7-21-14)9-2-3-11(15)12(16)4-9/h2-7H,1H3. The minimum Gasteiger partial charge on any atom is -0.298 e. The van der Waals surface area contributed by atoms with Gasteiger partial charge < -0.3 is 0 Å². The first-order chi connectivity index (χ1) is 10.1. The second kappa shape index (κ2) is 5.60. The molecule has 7 heteroatoms. The molecule has 106 valence electrons. The van der Waals surface area contributed by atoms with Crippen molar-refractivity contribution in [3.05, 3.63) is 51.1 Å². The van der Waals surface area contributed by atoms with Crippen LogP contribution in [0.5, 0.6) is 0 Å². The zero-order chi connectivity index (χ0) is 15.0. The van der Waals surface area contributed by atoms with Crippen LogP contribution in [-0.4, -0.2) is 21.1 Å². The SMILES string of the molecule is Cc1c(C=O)cnn1-c1nc(-c2ccc(Cl)c(Cl)c2)cs1. The van der Waals surface area contributed by atoms with E-state index in [4.69, 9.17) is 23.2 Å². The Morgan fingerprint density at radius 2 is 2.10 bits per heavy atom. The van der Waals surface area contributed by atoms with Crippen molar-refractivity contribution in [1.29, 1.82) is 0 Å². The fraction of sp³-hybridized carbons (Fsp3) is 0.0714. The summed E-state index contributed by atoms with van der Waals surface area (Å²) in [6.45, 7) is 1.83. The summed E-state index contributed by atoms with van der Waals surface area (Å²) in [7, 11) is 0. The van der Waals surface area contributed by atoms with Gasteiger partial charge in [0, 0.05) is 10.9 Å². The molecule has 3 aromatic rings. The Hall–Kier alpha value is -1.69. The van der Waals surface area contributed by atoms with Crippen LogP contribution in [0.25, 0.3) is 16.4 Å². The van der Waals surface area contributed by atoms with E-state index in [2.05, 4.69) is 10.1 Å². The summed E-state index contributed by atoms with van der Waals surface area (Å²) in [6.07, 6.45) is 2.31. The fourth-order valence-corrected chi connectivity index (χ4v) is 3.02. The molecule has 2 aromatic heterocycles. The van der Waals surface area contributed by atoms with Gasteiger partial charge in [-0.1, -0.05) is 29.3 Å². The first-order valence-corrected chi connectivity index (χ1v) is 7.65. The summed E-state index contributed by atoms with van der Waals surface area (Å²) < 4.78 is 1.65. The van der Waals surface area contributed by atoms with Gasteiger partial charge in [-0.2, -0.15) is 5.10 Å². The van der Waals surface area contributed by atoms with Crippen LogP contribution < -0.4 is 0 Å². The number of hydrogen-bond donors (Lipinski definition) is 0. The van der Waals surface area contributed by atoms with E-state index in [1.54, 1.807) is 16.8 Å². The Labute approximate surface area is 135 Å². The van der Waals surface area contributed by atoms with Crippen molar-refractivity contribution >= 4 is 40.8 Å². The van der Waals surface area contributed by atoms with Crippen LogP contribution in [0.2, 0.25) is 10.0 Å². The van der Waals surface area contributed by atoms with Gasteiger partial charge in [-0.05, 0) is 19.1 Å². The molecule has 1 aromatic carbocycles. The Balaban J connectivity index is 2.01. The molecule has 0 radical (unpaired) electrons. The Morgan fingerprint density at radius 3 is 2.76 bits per heavy atom. The second-order valence-electron chi connectivity index (χ2n) is 4.36. The topological polar surface area (TPSA) is 47.8 Å². The zero-order valence-corrected chi connectivity index (χ0v) is 13.2. The van der Waals surface area contributed by atoms with Crippen LogP contribution in [0, 0.1) is 6.92 Å². The smallest absolute Gasteiger partial charge is 0.211 e. The molecule has 4 nitrogen and oxygen atoms in total. The van der Waals surface area contributed by atoms with Crippen LogP contribution in [-0.2, 0) is 0 Å². The maximum atomic E-state index is 10.9. The van der Waals surface area contributed by atoms with Gasteiger partial charge in [-0.3, -0.25) is 4.79 Å². The van der Waals surface area contributed by atoms with E-state index < -0.39 is 0 Å². The van der Waals surface area contributed by atoms with Gasteiger partial charge in [-0.25, -0.2) is 9.67 Å². The molecule has 0 aliphatic rings. The number of halogens is 2. The molecule has 0 saturated heterocycles.